The van der Waals surface area contributed by atoms with E-state index in [-0.39, 0.29) is 0 Å². The molecule has 10 heavy (non-hydrogen) atoms. The average molecular weight is 247 g/mol. The molecule has 0 fully saturated rings. The van der Waals surface area contributed by atoms with E-state index in [0.29, 0.717) is 0 Å². The molecule has 2 N–H and O–H groups in total. The molecule has 0 aliphatic heterocycles. The fourth-order valence-electron chi connectivity index (χ4n) is 0.927. The summed E-state index contributed by atoms with van der Waals surface area (Å²) in [6.45, 7) is 4.11. The maximum absolute atomic E-state index is 5.74. The first kappa shape index (κ1) is 7.85. The van der Waals surface area contributed by atoms with Gasteiger partial charge in [0.2, 0.25) is 0 Å². The summed E-state index contributed by atoms with van der Waals surface area (Å²) >= 11 is 2.25. The van der Waals surface area contributed by atoms with Gasteiger partial charge in [0.25, 0.3) is 0 Å². The Morgan fingerprint density at radius 2 is 1.90 bits per heavy atom. The third-order valence-corrected chi connectivity index (χ3v) is 2.37. The van der Waals surface area contributed by atoms with Crippen LogP contribution in [-0.2, 0) is 0 Å². The van der Waals surface area contributed by atoms with Crippen molar-refractivity contribution < 1.29 is 0 Å². The molecular formula is C8H10IN. The Balaban J connectivity index is 3.31. The van der Waals surface area contributed by atoms with Crippen molar-refractivity contribution in [1.82, 2.24) is 0 Å². The quantitative estimate of drug-likeness (QED) is 0.553. The van der Waals surface area contributed by atoms with Crippen LogP contribution in [0.3, 0.4) is 0 Å². The Morgan fingerprint density at radius 3 is 2.40 bits per heavy atom. The molecule has 0 heterocycles. The minimum atomic E-state index is 0.909. The Bertz CT molecular complexity index is 232. The van der Waals surface area contributed by atoms with Gasteiger partial charge >= 0.3 is 0 Å². The van der Waals surface area contributed by atoms with E-state index in [1.54, 1.807) is 0 Å². The summed E-state index contributed by atoms with van der Waals surface area (Å²) in [6.07, 6.45) is 0. The van der Waals surface area contributed by atoms with E-state index in [0.717, 1.165) is 9.26 Å². The van der Waals surface area contributed by atoms with E-state index in [9.17, 15) is 0 Å². The van der Waals surface area contributed by atoms with Crippen molar-refractivity contribution in [1.29, 1.82) is 0 Å². The fraction of sp³-hybridized carbons (Fsp3) is 0.250. The van der Waals surface area contributed by atoms with E-state index in [1.165, 1.54) is 11.1 Å². The zero-order chi connectivity index (χ0) is 7.72. The summed E-state index contributed by atoms with van der Waals surface area (Å²) < 4.78 is 1.15. The summed E-state index contributed by atoms with van der Waals surface area (Å²) in [5.41, 5.74) is 9.10. The van der Waals surface area contributed by atoms with Gasteiger partial charge in [0.05, 0.1) is 0 Å². The van der Waals surface area contributed by atoms with Gasteiger partial charge in [0.15, 0.2) is 0 Å². The van der Waals surface area contributed by atoms with Crippen LogP contribution in [0, 0.1) is 17.4 Å². The standard InChI is InChI=1S/C8H10IN/c1-5-3-6(2)8(10)7(9)4-5/h3-4H,10H2,1-2H3. The predicted molar refractivity (Wildman–Crippen MR) is 53.0 cm³/mol. The summed E-state index contributed by atoms with van der Waals surface area (Å²) in [7, 11) is 0. The monoisotopic (exact) mass is 247 g/mol. The molecule has 54 valence electrons. The van der Waals surface area contributed by atoms with E-state index < -0.39 is 0 Å². The van der Waals surface area contributed by atoms with Gasteiger partial charge in [-0.3, -0.25) is 0 Å². The second kappa shape index (κ2) is 2.78. The van der Waals surface area contributed by atoms with Crippen LogP contribution in [-0.4, -0.2) is 0 Å². The largest absolute Gasteiger partial charge is 0.398 e. The lowest BCUT2D eigenvalue weighted by molar-refractivity contribution is 1.37. The smallest absolute Gasteiger partial charge is 0.0479 e. The number of nitrogen functional groups attached to an aromatic ring is 1. The predicted octanol–water partition coefficient (Wildman–Crippen LogP) is 2.49. The van der Waals surface area contributed by atoms with Gasteiger partial charge in [0, 0.05) is 9.26 Å². The molecular weight excluding hydrogens is 237 g/mol. The zero-order valence-corrected chi connectivity index (χ0v) is 8.27. The van der Waals surface area contributed by atoms with Gasteiger partial charge in [-0.05, 0) is 53.6 Å². The van der Waals surface area contributed by atoms with Crippen molar-refractivity contribution in [3.05, 3.63) is 26.8 Å². The number of hydrogen-bond donors (Lipinski definition) is 1. The first-order valence-corrected chi connectivity index (χ1v) is 4.21. The molecule has 1 rings (SSSR count). The van der Waals surface area contributed by atoms with Crippen molar-refractivity contribution in [2.75, 3.05) is 5.73 Å². The molecule has 0 saturated carbocycles. The van der Waals surface area contributed by atoms with Crippen LogP contribution in [0.1, 0.15) is 11.1 Å². The van der Waals surface area contributed by atoms with E-state index in [1.807, 2.05) is 6.92 Å². The Hall–Kier alpha value is -0.250. The van der Waals surface area contributed by atoms with E-state index in [4.69, 9.17) is 5.73 Å². The van der Waals surface area contributed by atoms with E-state index in [2.05, 4.69) is 41.6 Å². The normalized spacial score (nSPS) is 9.90. The van der Waals surface area contributed by atoms with Gasteiger partial charge in [-0.25, -0.2) is 0 Å². The maximum atomic E-state index is 5.74. The number of benzene rings is 1. The molecule has 0 aromatic heterocycles. The summed E-state index contributed by atoms with van der Waals surface area (Å²) in [6, 6.07) is 4.18. The molecule has 0 atom stereocenters. The molecule has 0 amide bonds. The van der Waals surface area contributed by atoms with Gasteiger partial charge in [-0.15, -0.1) is 0 Å². The molecule has 0 aliphatic rings. The fourth-order valence-corrected chi connectivity index (χ4v) is 1.84. The van der Waals surface area contributed by atoms with Gasteiger partial charge < -0.3 is 5.73 Å². The molecule has 1 aromatic rings. The zero-order valence-electron chi connectivity index (χ0n) is 6.11. The Labute approximate surface area is 74.8 Å². The van der Waals surface area contributed by atoms with Crippen LogP contribution in [0.25, 0.3) is 0 Å². The van der Waals surface area contributed by atoms with Crippen LogP contribution in [0.4, 0.5) is 5.69 Å². The lowest BCUT2D eigenvalue weighted by Crippen LogP contribution is -1.93. The third kappa shape index (κ3) is 1.42. The van der Waals surface area contributed by atoms with Crippen molar-refractivity contribution in [2.45, 2.75) is 13.8 Å². The van der Waals surface area contributed by atoms with E-state index >= 15 is 0 Å². The van der Waals surface area contributed by atoms with Crippen molar-refractivity contribution >= 4 is 28.3 Å². The van der Waals surface area contributed by atoms with Crippen LogP contribution in [0.2, 0.25) is 0 Å². The molecule has 0 bridgehead atoms. The Kier molecular flexibility index (Phi) is 2.18. The average Bonchev–Trinajstić information content (AvgIpc) is 1.82. The number of rotatable bonds is 0. The SMILES string of the molecule is Cc1cc(C)c(N)c(I)c1. The Morgan fingerprint density at radius 1 is 1.30 bits per heavy atom. The van der Waals surface area contributed by atoms with Crippen molar-refractivity contribution in [2.24, 2.45) is 0 Å². The molecule has 0 spiro atoms. The number of hydrogen-bond acceptors (Lipinski definition) is 1. The van der Waals surface area contributed by atoms with Crippen molar-refractivity contribution in [3.8, 4) is 0 Å². The summed E-state index contributed by atoms with van der Waals surface area (Å²) in [4.78, 5) is 0. The summed E-state index contributed by atoms with van der Waals surface area (Å²) in [5.74, 6) is 0. The summed E-state index contributed by atoms with van der Waals surface area (Å²) in [5, 5.41) is 0. The van der Waals surface area contributed by atoms with Crippen LogP contribution in [0.5, 0.6) is 0 Å². The molecule has 0 aliphatic carbocycles. The van der Waals surface area contributed by atoms with Crippen LogP contribution >= 0.6 is 22.6 Å². The molecule has 1 nitrogen and oxygen atoms in total. The highest BCUT2D eigenvalue weighted by Crippen LogP contribution is 2.20. The van der Waals surface area contributed by atoms with Gasteiger partial charge in [-0.1, -0.05) is 6.07 Å². The minimum Gasteiger partial charge on any atom is -0.398 e. The second-order valence-electron chi connectivity index (χ2n) is 2.48. The highest BCUT2D eigenvalue weighted by molar-refractivity contribution is 14.1. The van der Waals surface area contributed by atoms with Crippen LogP contribution < -0.4 is 5.73 Å². The number of aryl methyl sites for hydroxylation is 2. The molecule has 0 radical (unpaired) electrons. The first-order chi connectivity index (χ1) is 4.61. The topological polar surface area (TPSA) is 26.0 Å². The third-order valence-electron chi connectivity index (χ3n) is 1.48. The molecule has 2 heteroatoms. The number of halogens is 1. The number of anilines is 1. The molecule has 1 aromatic carbocycles. The highest BCUT2D eigenvalue weighted by atomic mass is 127. The lowest BCUT2D eigenvalue weighted by Gasteiger charge is -2.03. The minimum absolute atomic E-state index is 0.909. The first-order valence-electron chi connectivity index (χ1n) is 3.13. The van der Waals surface area contributed by atoms with Gasteiger partial charge in [-0.2, -0.15) is 0 Å². The lowest BCUT2D eigenvalue weighted by atomic mass is 10.1. The highest BCUT2D eigenvalue weighted by Gasteiger charge is 1.98. The maximum Gasteiger partial charge on any atom is 0.0479 e. The van der Waals surface area contributed by atoms with Crippen LogP contribution in [0.15, 0.2) is 12.1 Å². The molecule has 0 saturated heterocycles. The number of nitrogens with two attached hydrogens (primary N) is 1. The van der Waals surface area contributed by atoms with Crippen molar-refractivity contribution in [3.63, 3.8) is 0 Å². The molecule has 0 unspecified atom stereocenters. The second-order valence-corrected chi connectivity index (χ2v) is 3.64. The van der Waals surface area contributed by atoms with Gasteiger partial charge in [0.1, 0.15) is 0 Å².